The molecule has 0 aromatic carbocycles. The lowest BCUT2D eigenvalue weighted by Crippen LogP contribution is -2.12. The number of nitrogens with zero attached hydrogens (tertiary/aromatic N) is 1. The molecule has 0 unspecified atom stereocenters. The van der Waals surface area contributed by atoms with Crippen molar-refractivity contribution in [1.29, 1.82) is 0 Å². The van der Waals surface area contributed by atoms with Crippen LogP contribution in [0.1, 0.15) is 12.6 Å². The smallest absolute Gasteiger partial charge is 0.322 e. The van der Waals surface area contributed by atoms with E-state index in [-0.39, 0.29) is 6.54 Å². The van der Waals surface area contributed by atoms with Crippen LogP contribution in [0, 0.1) is 0 Å². The standard InChI is InChI=1S/C9H12N2O2/c1-2-7-5-8(3-4-10-7)11-6-9(12)13/h3-5H,2,6H2,1H3,(H,10,11)(H,12,13). The summed E-state index contributed by atoms with van der Waals surface area (Å²) in [5.74, 6) is -0.866. The van der Waals surface area contributed by atoms with Crippen LogP contribution < -0.4 is 5.32 Å². The maximum absolute atomic E-state index is 10.2. The zero-order chi connectivity index (χ0) is 9.68. The van der Waals surface area contributed by atoms with Crippen LogP contribution in [-0.4, -0.2) is 22.6 Å². The van der Waals surface area contributed by atoms with Crippen molar-refractivity contribution in [2.45, 2.75) is 13.3 Å². The van der Waals surface area contributed by atoms with E-state index in [0.717, 1.165) is 17.8 Å². The normalized spacial score (nSPS) is 9.62. The zero-order valence-corrected chi connectivity index (χ0v) is 7.45. The Morgan fingerprint density at radius 2 is 2.46 bits per heavy atom. The molecule has 0 amide bonds. The molecule has 0 saturated carbocycles. The molecule has 0 aliphatic rings. The van der Waals surface area contributed by atoms with Crippen molar-refractivity contribution < 1.29 is 9.90 Å². The van der Waals surface area contributed by atoms with Gasteiger partial charge in [0.15, 0.2) is 0 Å². The summed E-state index contributed by atoms with van der Waals surface area (Å²) in [6, 6.07) is 3.60. The summed E-state index contributed by atoms with van der Waals surface area (Å²) in [6.45, 7) is 1.94. The van der Waals surface area contributed by atoms with Gasteiger partial charge in [0.05, 0.1) is 0 Å². The molecule has 2 N–H and O–H groups in total. The van der Waals surface area contributed by atoms with E-state index in [1.807, 2.05) is 13.0 Å². The second kappa shape index (κ2) is 4.45. The van der Waals surface area contributed by atoms with Crippen LogP contribution in [0.5, 0.6) is 0 Å². The number of hydrogen-bond acceptors (Lipinski definition) is 3. The molecule has 4 nitrogen and oxygen atoms in total. The van der Waals surface area contributed by atoms with Gasteiger partial charge < -0.3 is 10.4 Å². The Morgan fingerprint density at radius 3 is 3.08 bits per heavy atom. The van der Waals surface area contributed by atoms with Crippen molar-refractivity contribution in [2.24, 2.45) is 0 Å². The molecule has 0 fully saturated rings. The number of aliphatic carboxylic acids is 1. The quantitative estimate of drug-likeness (QED) is 0.729. The number of anilines is 1. The number of nitrogens with one attached hydrogen (secondary N) is 1. The highest BCUT2D eigenvalue weighted by Gasteiger charge is 1.97. The first-order valence-corrected chi connectivity index (χ1v) is 4.13. The maximum Gasteiger partial charge on any atom is 0.322 e. The van der Waals surface area contributed by atoms with Crippen LogP contribution in [-0.2, 0) is 11.2 Å². The number of pyridine rings is 1. The van der Waals surface area contributed by atoms with E-state index < -0.39 is 5.97 Å². The predicted molar refractivity (Wildman–Crippen MR) is 49.7 cm³/mol. The number of hydrogen-bond donors (Lipinski definition) is 2. The number of carbonyl (C=O) groups is 1. The molecule has 13 heavy (non-hydrogen) atoms. The molecular weight excluding hydrogens is 168 g/mol. The van der Waals surface area contributed by atoms with Crippen molar-refractivity contribution >= 4 is 11.7 Å². The average Bonchev–Trinajstić information content (AvgIpc) is 2.15. The van der Waals surface area contributed by atoms with E-state index >= 15 is 0 Å². The van der Waals surface area contributed by atoms with Crippen LogP contribution in [0.2, 0.25) is 0 Å². The summed E-state index contributed by atoms with van der Waals surface area (Å²) in [5.41, 5.74) is 1.75. The van der Waals surface area contributed by atoms with Gasteiger partial charge in [-0.05, 0) is 18.6 Å². The van der Waals surface area contributed by atoms with Gasteiger partial charge in [-0.1, -0.05) is 6.92 Å². The zero-order valence-electron chi connectivity index (χ0n) is 7.45. The molecule has 0 aliphatic carbocycles. The van der Waals surface area contributed by atoms with E-state index in [2.05, 4.69) is 10.3 Å². The minimum atomic E-state index is -0.866. The van der Waals surface area contributed by atoms with Crippen LogP contribution in [0.4, 0.5) is 5.69 Å². The molecule has 4 heteroatoms. The largest absolute Gasteiger partial charge is 0.480 e. The average molecular weight is 180 g/mol. The summed E-state index contributed by atoms with van der Waals surface area (Å²) in [5, 5.41) is 11.2. The summed E-state index contributed by atoms with van der Waals surface area (Å²) < 4.78 is 0. The molecule has 0 atom stereocenters. The van der Waals surface area contributed by atoms with Crippen LogP contribution in [0.25, 0.3) is 0 Å². The highest BCUT2D eigenvalue weighted by molar-refractivity contribution is 5.72. The second-order valence-electron chi connectivity index (χ2n) is 2.64. The second-order valence-corrected chi connectivity index (χ2v) is 2.64. The summed E-state index contributed by atoms with van der Waals surface area (Å²) in [7, 11) is 0. The van der Waals surface area contributed by atoms with E-state index in [0.29, 0.717) is 0 Å². The first-order chi connectivity index (χ1) is 6.22. The molecular formula is C9H12N2O2. The van der Waals surface area contributed by atoms with Crippen molar-refractivity contribution in [1.82, 2.24) is 4.98 Å². The highest BCUT2D eigenvalue weighted by atomic mass is 16.4. The lowest BCUT2D eigenvalue weighted by molar-refractivity contribution is -0.134. The van der Waals surface area contributed by atoms with Crippen molar-refractivity contribution in [2.75, 3.05) is 11.9 Å². The fraction of sp³-hybridized carbons (Fsp3) is 0.333. The Kier molecular flexibility index (Phi) is 3.25. The number of rotatable bonds is 4. The third-order valence-corrected chi connectivity index (χ3v) is 1.62. The Labute approximate surface area is 76.6 Å². The number of aromatic nitrogens is 1. The Bertz CT molecular complexity index is 299. The van der Waals surface area contributed by atoms with Gasteiger partial charge in [0, 0.05) is 17.6 Å². The molecule has 0 saturated heterocycles. The van der Waals surface area contributed by atoms with E-state index in [1.165, 1.54) is 0 Å². The van der Waals surface area contributed by atoms with E-state index in [4.69, 9.17) is 5.11 Å². The fourth-order valence-corrected chi connectivity index (χ4v) is 0.959. The van der Waals surface area contributed by atoms with Crippen molar-refractivity contribution in [3.63, 3.8) is 0 Å². The summed E-state index contributed by atoms with van der Waals surface area (Å²) in [6.07, 6.45) is 2.52. The molecule has 0 aliphatic heterocycles. The van der Waals surface area contributed by atoms with Crippen LogP contribution in [0.3, 0.4) is 0 Å². The monoisotopic (exact) mass is 180 g/mol. The fourth-order valence-electron chi connectivity index (χ4n) is 0.959. The van der Waals surface area contributed by atoms with E-state index in [9.17, 15) is 4.79 Å². The van der Waals surface area contributed by atoms with E-state index in [1.54, 1.807) is 12.3 Å². The molecule has 1 aromatic heterocycles. The molecule has 1 heterocycles. The maximum atomic E-state index is 10.2. The first kappa shape index (κ1) is 9.51. The SMILES string of the molecule is CCc1cc(NCC(=O)O)ccn1. The van der Waals surface area contributed by atoms with Crippen molar-refractivity contribution in [3.05, 3.63) is 24.0 Å². The number of carboxylic acids is 1. The Balaban J connectivity index is 2.61. The summed E-state index contributed by atoms with van der Waals surface area (Å²) in [4.78, 5) is 14.3. The van der Waals surface area contributed by atoms with Crippen LogP contribution in [0.15, 0.2) is 18.3 Å². The van der Waals surface area contributed by atoms with Gasteiger partial charge >= 0.3 is 5.97 Å². The molecule has 0 spiro atoms. The topological polar surface area (TPSA) is 62.2 Å². The minimum absolute atomic E-state index is 0.0623. The minimum Gasteiger partial charge on any atom is -0.480 e. The third kappa shape index (κ3) is 3.11. The van der Waals surface area contributed by atoms with Gasteiger partial charge in [0.2, 0.25) is 0 Å². The van der Waals surface area contributed by atoms with Gasteiger partial charge in [0.1, 0.15) is 6.54 Å². The van der Waals surface area contributed by atoms with Crippen LogP contribution >= 0.6 is 0 Å². The third-order valence-electron chi connectivity index (χ3n) is 1.62. The Hall–Kier alpha value is -1.58. The van der Waals surface area contributed by atoms with Gasteiger partial charge in [-0.3, -0.25) is 9.78 Å². The molecule has 1 aromatic rings. The predicted octanol–water partition coefficient (Wildman–Crippen LogP) is 1.14. The first-order valence-electron chi connectivity index (χ1n) is 4.13. The van der Waals surface area contributed by atoms with Gasteiger partial charge in [-0.25, -0.2) is 0 Å². The van der Waals surface area contributed by atoms with Crippen molar-refractivity contribution in [3.8, 4) is 0 Å². The lowest BCUT2D eigenvalue weighted by atomic mass is 10.2. The highest BCUT2D eigenvalue weighted by Crippen LogP contribution is 2.07. The summed E-state index contributed by atoms with van der Waals surface area (Å²) >= 11 is 0. The molecule has 0 radical (unpaired) electrons. The van der Waals surface area contributed by atoms with Gasteiger partial charge in [-0.15, -0.1) is 0 Å². The Morgan fingerprint density at radius 1 is 1.69 bits per heavy atom. The number of carboxylic acid groups (broad SMARTS) is 1. The molecule has 0 bridgehead atoms. The lowest BCUT2D eigenvalue weighted by Gasteiger charge is -2.03. The van der Waals surface area contributed by atoms with Gasteiger partial charge in [0.25, 0.3) is 0 Å². The molecule has 1 rings (SSSR count). The van der Waals surface area contributed by atoms with Gasteiger partial charge in [-0.2, -0.15) is 0 Å². The number of aryl methyl sites for hydroxylation is 1. The molecule has 70 valence electrons.